The van der Waals surface area contributed by atoms with E-state index in [1.807, 2.05) is 0 Å². The third-order valence-corrected chi connectivity index (χ3v) is 2.91. The lowest BCUT2D eigenvalue weighted by atomic mass is 10.0. The van der Waals surface area contributed by atoms with Crippen molar-refractivity contribution >= 4 is 12.3 Å². The van der Waals surface area contributed by atoms with Gasteiger partial charge in [0.25, 0.3) is 0 Å². The fraction of sp³-hybridized carbons (Fsp3) is 0.385. The first-order valence-corrected chi connectivity index (χ1v) is 5.61. The summed E-state index contributed by atoms with van der Waals surface area (Å²) >= 11 is 0. The minimum atomic E-state index is -0.416. The molecule has 1 atom stereocenters. The molecule has 0 saturated carbocycles. The van der Waals surface area contributed by atoms with Crippen molar-refractivity contribution in [2.24, 2.45) is 0 Å². The van der Waals surface area contributed by atoms with Gasteiger partial charge < -0.3 is 19.0 Å². The molecule has 0 aliphatic carbocycles. The van der Waals surface area contributed by atoms with Crippen molar-refractivity contribution in [3.8, 4) is 11.5 Å². The molecule has 2 rings (SSSR count). The van der Waals surface area contributed by atoms with E-state index in [9.17, 15) is 9.59 Å². The van der Waals surface area contributed by atoms with Crippen LogP contribution in [0, 0.1) is 0 Å². The highest BCUT2D eigenvalue weighted by Gasteiger charge is 2.34. The first kappa shape index (κ1) is 12.4. The van der Waals surface area contributed by atoms with Gasteiger partial charge >= 0.3 is 5.97 Å². The normalized spacial score (nSPS) is 17.0. The van der Waals surface area contributed by atoms with E-state index in [1.165, 1.54) is 7.11 Å². The number of cyclic esters (lactones) is 1. The Morgan fingerprint density at radius 3 is 2.72 bits per heavy atom. The molecule has 0 unspecified atom stereocenters. The molecule has 18 heavy (non-hydrogen) atoms. The number of esters is 1. The quantitative estimate of drug-likeness (QED) is 0.590. The van der Waals surface area contributed by atoms with E-state index in [4.69, 9.17) is 14.2 Å². The molecule has 96 valence electrons. The van der Waals surface area contributed by atoms with E-state index < -0.39 is 12.1 Å². The van der Waals surface area contributed by atoms with Crippen molar-refractivity contribution < 1.29 is 23.8 Å². The number of benzene rings is 1. The molecule has 0 N–H and O–H groups in total. The molecule has 1 aliphatic rings. The van der Waals surface area contributed by atoms with Crippen molar-refractivity contribution in [2.45, 2.75) is 18.9 Å². The molecule has 0 fully saturated rings. The lowest BCUT2D eigenvalue weighted by Crippen LogP contribution is -1.99. The minimum absolute atomic E-state index is 0.344. The Hall–Kier alpha value is -2.04. The van der Waals surface area contributed by atoms with Crippen LogP contribution in [-0.4, -0.2) is 26.5 Å². The predicted octanol–water partition coefficient (Wildman–Crippen LogP) is 1.89. The molecule has 0 spiro atoms. The Morgan fingerprint density at radius 2 is 2.11 bits per heavy atom. The second kappa shape index (κ2) is 5.08. The van der Waals surface area contributed by atoms with E-state index in [0.29, 0.717) is 29.9 Å². The summed E-state index contributed by atoms with van der Waals surface area (Å²) < 4.78 is 15.6. The summed E-state index contributed by atoms with van der Waals surface area (Å²) in [4.78, 5) is 22.2. The van der Waals surface area contributed by atoms with E-state index >= 15 is 0 Å². The Kier molecular flexibility index (Phi) is 3.50. The van der Waals surface area contributed by atoms with Gasteiger partial charge in [0.1, 0.15) is 29.5 Å². The minimum Gasteiger partial charge on any atom is -0.497 e. The molecule has 0 radical (unpaired) electrons. The number of hydrogen-bond donors (Lipinski definition) is 0. The smallest absolute Gasteiger partial charge is 0.342 e. The highest BCUT2D eigenvalue weighted by molar-refractivity contribution is 5.97. The van der Waals surface area contributed by atoms with Crippen molar-refractivity contribution in [3.63, 3.8) is 0 Å². The number of ether oxygens (including phenoxy) is 3. The van der Waals surface area contributed by atoms with Gasteiger partial charge in [0.2, 0.25) is 0 Å². The third kappa shape index (κ3) is 2.03. The number of rotatable bonds is 5. The van der Waals surface area contributed by atoms with Gasteiger partial charge in [-0.15, -0.1) is 0 Å². The summed E-state index contributed by atoms with van der Waals surface area (Å²) in [5.74, 6) is 0.614. The number of methoxy groups -OCH3 is 2. The van der Waals surface area contributed by atoms with E-state index in [-0.39, 0.29) is 0 Å². The summed E-state index contributed by atoms with van der Waals surface area (Å²) in [6.45, 7) is 0. The summed E-state index contributed by atoms with van der Waals surface area (Å²) in [7, 11) is 3.03. The Bertz CT molecular complexity index is 481. The standard InChI is InChI=1S/C13H14O5/c1-16-8-6-9-10(4-3-5-14)18-13(15)12(9)11(7-8)17-2/h5-7,10H,3-4H2,1-2H3/t10-/m0/s1. The van der Waals surface area contributed by atoms with Crippen LogP contribution in [0.5, 0.6) is 11.5 Å². The van der Waals surface area contributed by atoms with Crippen LogP contribution in [0.25, 0.3) is 0 Å². The fourth-order valence-corrected chi connectivity index (χ4v) is 2.05. The van der Waals surface area contributed by atoms with Crippen LogP contribution in [0.1, 0.15) is 34.9 Å². The zero-order valence-corrected chi connectivity index (χ0v) is 10.3. The molecular weight excluding hydrogens is 236 g/mol. The van der Waals surface area contributed by atoms with Gasteiger partial charge in [-0.2, -0.15) is 0 Å². The molecule has 1 aliphatic heterocycles. The molecular formula is C13H14O5. The van der Waals surface area contributed by atoms with Crippen LogP contribution in [0.15, 0.2) is 12.1 Å². The van der Waals surface area contributed by atoms with Crippen LogP contribution in [-0.2, 0) is 9.53 Å². The van der Waals surface area contributed by atoms with Gasteiger partial charge in [0, 0.05) is 18.1 Å². The summed E-state index contributed by atoms with van der Waals surface area (Å²) in [6, 6.07) is 3.39. The van der Waals surface area contributed by atoms with Gasteiger partial charge in [-0.1, -0.05) is 0 Å². The molecule has 1 aromatic carbocycles. The van der Waals surface area contributed by atoms with Crippen molar-refractivity contribution in [1.29, 1.82) is 0 Å². The Labute approximate surface area is 105 Å². The largest absolute Gasteiger partial charge is 0.497 e. The topological polar surface area (TPSA) is 61.8 Å². The van der Waals surface area contributed by atoms with Crippen LogP contribution in [0.3, 0.4) is 0 Å². The Morgan fingerprint density at radius 1 is 1.33 bits per heavy atom. The van der Waals surface area contributed by atoms with Gasteiger partial charge in [-0.05, 0) is 12.5 Å². The van der Waals surface area contributed by atoms with Crippen molar-refractivity contribution in [3.05, 3.63) is 23.3 Å². The summed E-state index contributed by atoms with van der Waals surface area (Å²) in [6.07, 6.45) is 1.22. The summed E-state index contributed by atoms with van der Waals surface area (Å²) in [5, 5.41) is 0. The van der Waals surface area contributed by atoms with E-state index in [2.05, 4.69) is 0 Å². The molecule has 0 bridgehead atoms. The first-order chi connectivity index (χ1) is 8.71. The second-order valence-electron chi connectivity index (χ2n) is 3.93. The maximum Gasteiger partial charge on any atom is 0.342 e. The Balaban J connectivity index is 2.44. The monoisotopic (exact) mass is 250 g/mol. The average Bonchev–Trinajstić information content (AvgIpc) is 2.72. The second-order valence-corrected chi connectivity index (χ2v) is 3.93. The van der Waals surface area contributed by atoms with Crippen molar-refractivity contribution in [1.82, 2.24) is 0 Å². The number of fused-ring (bicyclic) bond motifs is 1. The van der Waals surface area contributed by atoms with Crippen LogP contribution in [0.2, 0.25) is 0 Å². The van der Waals surface area contributed by atoms with Gasteiger partial charge in [0.05, 0.1) is 14.2 Å². The lowest BCUT2D eigenvalue weighted by Gasteiger charge is -2.10. The number of carbonyl (C=O) groups is 2. The summed E-state index contributed by atoms with van der Waals surface area (Å²) in [5.41, 5.74) is 1.15. The first-order valence-electron chi connectivity index (χ1n) is 5.61. The zero-order chi connectivity index (χ0) is 13.1. The van der Waals surface area contributed by atoms with Gasteiger partial charge in [-0.25, -0.2) is 4.79 Å². The number of hydrogen-bond acceptors (Lipinski definition) is 5. The fourth-order valence-electron chi connectivity index (χ4n) is 2.05. The zero-order valence-electron chi connectivity index (χ0n) is 10.3. The molecule has 1 aromatic rings. The van der Waals surface area contributed by atoms with Gasteiger partial charge in [0.15, 0.2) is 0 Å². The average molecular weight is 250 g/mol. The highest BCUT2D eigenvalue weighted by Crippen LogP contribution is 2.41. The SMILES string of the molecule is COc1cc(OC)c2c(c1)[C@H](CCC=O)OC2=O. The molecule has 0 amide bonds. The highest BCUT2D eigenvalue weighted by atomic mass is 16.6. The lowest BCUT2D eigenvalue weighted by molar-refractivity contribution is -0.108. The third-order valence-electron chi connectivity index (χ3n) is 2.91. The molecule has 5 nitrogen and oxygen atoms in total. The predicted molar refractivity (Wildman–Crippen MR) is 63.0 cm³/mol. The molecule has 0 aromatic heterocycles. The number of carbonyl (C=O) groups excluding carboxylic acids is 2. The van der Waals surface area contributed by atoms with Crippen LogP contribution >= 0.6 is 0 Å². The van der Waals surface area contributed by atoms with Crippen LogP contribution < -0.4 is 9.47 Å². The van der Waals surface area contributed by atoms with Crippen LogP contribution in [0.4, 0.5) is 0 Å². The van der Waals surface area contributed by atoms with E-state index in [1.54, 1.807) is 19.2 Å². The molecule has 5 heteroatoms. The van der Waals surface area contributed by atoms with Crippen molar-refractivity contribution in [2.75, 3.05) is 14.2 Å². The van der Waals surface area contributed by atoms with Gasteiger partial charge in [-0.3, -0.25) is 0 Å². The number of aldehydes is 1. The van der Waals surface area contributed by atoms with E-state index in [0.717, 1.165) is 11.8 Å². The maximum absolute atomic E-state index is 11.8. The maximum atomic E-state index is 11.8. The molecule has 1 heterocycles. The molecule has 0 saturated heterocycles.